The second kappa shape index (κ2) is 10.6. The third-order valence-corrected chi connectivity index (χ3v) is 6.40. The highest BCUT2D eigenvalue weighted by Gasteiger charge is 2.26. The molecule has 3 atom stereocenters. The lowest BCUT2D eigenvalue weighted by Gasteiger charge is -2.30. The van der Waals surface area contributed by atoms with E-state index in [-0.39, 0.29) is 6.61 Å². The fraction of sp³-hybridized carbons (Fsp3) is 0.632. The Hall–Kier alpha value is -1.40. The van der Waals surface area contributed by atoms with E-state index in [1.54, 1.807) is 0 Å². The first kappa shape index (κ1) is 19.9. The highest BCUT2D eigenvalue weighted by atomic mass is 32.2. The van der Waals surface area contributed by atoms with E-state index < -0.39 is 10.8 Å². The number of hydrogen-bond acceptors (Lipinski definition) is 3. The first-order valence-corrected chi connectivity index (χ1v) is 10.7. The van der Waals surface area contributed by atoms with Gasteiger partial charge >= 0.3 is 0 Å². The molecule has 3 N–H and O–H groups in total. The lowest BCUT2D eigenvalue weighted by Crippen LogP contribution is -2.46. The Morgan fingerprint density at radius 2 is 2.04 bits per heavy atom. The molecule has 1 aliphatic carbocycles. The average Bonchev–Trinajstić information content (AvgIpc) is 2.66. The molecule has 0 saturated heterocycles. The van der Waals surface area contributed by atoms with Crippen molar-refractivity contribution in [2.75, 3.05) is 12.3 Å². The summed E-state index contributed by atoms with van der Waals surface area (Å²) in [5.41, 5.74) is 1.95. The van der Waals surface area contributed by atoms with Crippen molar-refractivity contribution in [1.82, 2.24) is 10.6 Å². The molecule has 2 rings (SSSR count). The second-order valence-electron chi connectivity index (χ2n) is 6.42. The SMILES string of the molecule is CCNC(=NCc1ccccc1CO)NC1CCCC(S(=O)CC)C1. The molecule has 3 unspecified atom stereocenters. The van der Waals surface area contributed by atoms with Crippen LogP contribution in [0.2, 0.25) is 0 Å². The predicted molar refractivity (Wildman–Crippen MR) is 105 cm³/mol. The summed E-state index contributed by atoms with van der Waals surface area (Å²) in [6, 6.07) is 8.14. The molecule has 6 heteroatoms. The van der Waals surface area contributed by atoms with Gasteiger partial charge in [0.05, 0.1) is 13.2 Å². The fourth-order valence-corrected chi connectivity index (χ4v) is 4.64. The van der Waals surface area contributed by atoms with Crippen LogP contribution in [0, 0.1) is 0 Å². The van der Waals surface area contributed by atoms with Crippen LogP contribution in [-0.4, -0.2) is 38.9 Å². The quantitative estimate of drug-likeness (QED) is 0.512. The minimum atomic E-state index is -0.719. The Balaban J connectivity index is 2.01. The summed E-state index contributed by atoms with van der Waals surface area (Å²) in [5, 5.41) is 16.6. The first-order valence-electron chi connectivity index (χ1n) is 9.27. The maximum absolute atomic E-state index is 12.1. The van der Waals surface area contributed by atoms with Crippen molar-refractivity contribution < 1.29 is 9.32 Å². The molecule has 1 aromatic carbocycles. The van der Waals surface area contributed by atoms with Crippen LogP contribution < -0.4 is 10.6 Å². The van der Waals surface area contributed by atoms with E-state index in [1.165, 1.54) is 0 Å². The van der Waals surface area contributed by atoms with Crippen molar-refractivity contribution in [3.05, 3.63) is 35.4 Å². The summed E-state index contributed by atoms with van der Waals surface area (Å²) in [6.07, 6.45) is 4.21. The molecular weight excluding hydrogens is 334 g/mol. The number of hydrogen-bond donors (Lipinski definition) is 3. The van der Waals surface area contributed by atoms with Crippen LogP contribution in [-0.2, 0) is 24.0 Å². The Kier molecular flexibility index (Phi) is 8.41. The summed E-state index contributed by atoms with van der Waals surface area (Å²) in [4.78, 5) is 4.68. The summed E-state index contributed by atoms with van der Waals surface area (Å²) < 4.78 is 12.1. The molecule has 0 heterocycles. The van der Waals surface area contributed by atoms with Crippen molar-refractivity contribution in [3.63, 3.8) is 0 Å². The zero-order chi connectivity index (χ0) is 18.1. The van der Waals surface area contributed by atoms with E-state index in [1.807, 2.05) is 31.2 Å². The number of aliphatic hydroxyl groups excluding tert-OH is 1. The Morgan fingerprint density at radius 1 is 1.28 bits per heavy atom. The number of nitrogens with one attached hydrogen (secondary N) is 2. The van der Waals surface area contributed by atoms with Crippen molar-refractivity contribution in [3.8, 4) is 0 Å². The minimum Gasteiger partial charge on any atom is -0.392 e. The standard InChI is InChI=1S/C19H31N3O2S/c1-3-20-19(21-13-15-8-5-6-9-16(15)14-23)22-17-10-7-11-18(12-17)25(24)4-2/h5-6,8-9,17-18,23H,3-4,7,10-14H2,1-2H3,(H2,20,21,22). The van der Waals surface area contributed by atoms with E-state index in [2.05, 4.69) is 22.5 Å². The van der Waals surface area contributed by atoms with Crippen LogP contribution in [0.15, 0.2) is 29.3 Å². The molecule has 1 aliphatic rings. The van der Waals surface area contributed by atoms with Crippen molar-refractivity contribution >= 4 is 16.8 Å². The van der Waals surface area contributed by atoms with Crippen molar-refractivity contribution in [2.24, 2.45) is 4.99 Å². The van der Waals surface area contributed by atoms with Gasteiger partial charge in [-0.3, -0.25) is 4.21 Å². The number of guanidine groups is 1. The Bertz CT molecular complexity index is 592. The largest absolute Gasteiger partial charge is 0.392 e. The van der Waals surface area contributed by atoms with Gasteiger partial charge in [0, 0.05) is 34.4 Å². The number of rotatable bonds is 7. The van der Waals surface area contributed by atoms with E-state index in [9.17, 15) is 9.32 Å². The van der Waals surface area contributed by atoms with E-state index in [4.69, 9.17) is 0 Å². The van der Waals surface area contributed by atoms with Crippen molar-refractivity contribution in [1.29, 1.82) is 0 Å². The molecule has 0 spiro atoms. The second-order valence-corrected chi connectivity index (χ2v) is 8.43. The first-order chi connectivity index (χ1) is 12.2. The topological polar surface area (TPSA) is 73.7 Å². The van der Waals surface area contributed by atoms with E-state index in [0.29, 0.717) is 17.8 Å². The van der Waals surface area contributed by atoms with Crippen LogP contribution in [0.4, 0.5) is 0 Å². The molecule has 140 valence electrons. The normalized spacial score (nSPS) is 22.4. The molecule has 1 aromatic rings. The summed E-state index contributed by atoms with van der Waals surface area (Å²) in [7, 11) is -0.719. The zero-order valence-electron chi connectivity index (χ0n) is 15.3. The van der Waals surface area contributed by atoms with Gasteiger partial charge in [-0.1, -0.05) is 37.6 Å². The van der Waals surface area contributed by atoms with Gasteiger partial charge in [0.15, 0.2) is 5.96 Å². The van der Waals surface area contributed by atoms with Gasteiger partial charge < -0.3 is 15.7 Å². The highest BCUT2D eigenvalue weighted by molar-refractivity contribution is 7.85. The lowest BCUT2D eigenvalue weighted by atomic mass is 9.95. The van der Waals surface area contributed by atoms with Crippen LogP contribution in [0.5, 0.6) is 0 Å². The summed E-state index contributed by atoms with van der Waals surface area (Å²) in [5.74, 6) is 1.53. The Labute approximate surface area is 153 Å². The molecule has 1 fully saturated rings. The average molecular weight is 366 g/mol. The predicted octanol–water partition coefficient (Wildman–Crippen LogP) is 2.31. The Morgan fingerprint density at radius 3 is 2.72 bits per heavy atom. The number of aliphatic hydroxyl groups is 1. The van der Waals surface area contributed by atoms with Crippen LogP contribution >= 0.6 is 0 Å². The van der Waals surface area contributed by atoms with Gasteiger partial charge in [0.1, 0.15) is 0 Å². The summed E-state index contributed by atoms with van der Waals surface area (Å²) >= 11 is 0. The monoisotopic (exact) mass is 365 g/mol. The molecule has 25 heavy (non-hydrogen) atoms. The molecule has 0 bridgehead atoms. The molecule has 1 saturated carbocycles. The molecular formula is C19H31N3O2S. The fourth-order valence-electron chi connectivity index (χ4n) is 3.29. The molecule has 0 radical (unpaired) electrons. The van der Waals surface area contributed by atoms with Gasteiger partial charge in [-0.25, -0.2) is 4.99 Å². The maximum atomic E-state index is 12.1. The van der Waals surface area contributed by atoms with Gasteiger partial charge in [-0.2, -0.15) is 0 Å². The van der Waals surface area contributed by atoms with Crippen LogP contribution in [0.1, 0.15) is 50.7 Å². The van der Waals surface area contributed by atoms with Gasteiger partial charge in [0.25, 0.3) is 0 Å². The minimum absolute atomic E-state index is 0.0306. The number of aliphatic imine (C=N–C) groups is 1. The summed E-state index contributed by atoms with van der Waals surface area (Å²) in [6.45, 7) is 5.41. The van der Waals surface area contributed by atoms with Crippen LogP contribution in [0.25, 0.3) is 0 Å². The molecule has 0 amide bonds. The van der Waals surface area contributed by atoms with Gasteiger partial charge in [0.2, 0.25) is 0 Å². The van der Waals surface area contributed by atoms with Gasteiger partial charge in [-0.05, 0) is 37.3 Å². The van der Waals surface area contributed by atoms with Crippen molar-refractivity contribution in [2.45, 2.75) is 64.0 Å². The highest BCUT2D eigenvalue weighted by Crippen LogP contribution is 2.23. The third kappa shape index (κ3) is 6.12. The number of nitrogens with zero attached hydrogens (tertiary/aromatic N) is 1. The lowest BCUT2D eigenvalue weighted by molar-refractivity contribution is 0.280. The zero-order valence-corrected chi connectivity index (χ0v) is 16.1. The molecule has 5 nitrogen and oxygen atoms in total. The smallest absolute Gasteiger partial charge is 0.191 e. The number of benzene rings is 1. The third-order valence-electron chi connectivity index (χ3n) is 4.66. The maximum Gasteiger partial charge on any atom is 0.191 e. The van der Waals surface area contributed by atoms with E-state index >= 15 is 0 Å². The molecule has 0 aromatic heterocycles. The van der Waals surface area contributed by atoms with Crippen LogP contribution in [0.3, 0.4) is 0 Å². The van der Waals surface area contributed by atoms with E-state index in [0.717, 1.165) is 55.1 Å². The molecule has 0 aliphatic heterocycles. The van der Waals surface area contributed by atoms with Gasteiger partial charge in [-0.15, -0.1) is 0 Å².